The number of rotatable bonds is 3. The Morgan fingerprint density at radius 1 is 1.06 bits per heavy atom. The van der Waals surface area contributed by atoms with Crippen molar-refractivity contribution >= 4 is 10.0 Å². The molecule has 0 spiro atoms. The molecule has 0 aromatic carbocycles. The van der Waals surface area contributed by atoms with Crippen LogP contribution in [0.5, 0.6) is 0 Å². The predicted octanol–water partition coefficient (Wildman–Crippen LogP) is 2.38. The van der Waals surface area contributed by atoms with Crippen molar-refractivity contribution in [3.8, 4) is 0 Å². The average Bonchev–Trinajstić information content (AvgIpc) is 2.80. The summed E-state index contributed by atoms with van der Waals surface area (Å²) < 4.78 is 25.8. The SMILES string of the molecule is CCS(=O)(=O)N1CCCC1C1CCCCC1. The molecule has 0 amide bonds. The van der Waals surface area contributed by atoms with Gasteiger partial charge in [0.05, 0.1) is 5.75 Å². The van der Waals surface area contributed by atoms with Crippen LogP contribution in [0.25, 0.3) is 0 Å². The molecule has 2 rings (SSSR count). The predicted molar refractivity (Wildman–Crippen MR) is 65.8 cm³/mol. The second kappa shape index (κ2) is 5.05. The van der Waals surface area contributed by atoms with Gasteiger partial charge in [0.25, 0.3) is 0 Å². The van der Waals surface area contributed by atoms with Gasteiger partial charge in [-0.3, -0.25) is 0 Å². The van der Waals surface area contributed by atoms with E-state index in [1.807, 2.05) is 4.31 Å². The number of hydrogen-bond donors (Lipinski definition) is 0. The van der Waals surface area contributed by atoms with Crippen molar-refractivity contribution in [2.75, 3.05) is 12.3 Å². The van der Waals surface area contributed by atoms with Gasteiger partial charge in [-0.2, -0.15) is 4.31 Å². The van der Waals surface area contributed by atoms with E-state index in [2.05, 4.69) is 0 Å². The molecule has 1 aliphatic heterocycles. The quantitative estimate of drug-likeness (QED) is 0.765. The van der Waals surface area contributed by atoms with E-state index in [9.17, 15) is 8.42 Å². The topological polar surface area (TPSA) is 37.4 Å². The van der Waals surface area contributed by atoms with Gasteiger partial charge in [0.2, 0.25) is 10.0 Å². The molecular weight excluding hydrogens is 222 g/mol. The molecule has 4 heteroatoms. The lowest BCUT2D eigenvalue weighted by Gasteiger charge is -2.33. The van der Waals surface area contributed by atoms with Crippen LogP contribution >= 0.6 is 0 Å². The van der Waals surface area contributed by atoms with Gasteiger partial charge in [0.1, 0.15) is 0 Å². The van der Waals surface area contributed by atoms with Crippen LogP contribution < -0.4 is 0 Å². The Morgan fingerprint density at radius 3 is 2.38 bits per heavy atom. The van der Waals surface area contributed by atoms with E-state index < -0.39 is 10.0 Å². The first kappa shape index (κ1) is 12.4. The third kappa shape index (κ3) is 2.43. The normalized spacial score (nSPS) is 29.7. The van der Waals surface area contributed by atoms with Crippen molar-refractivity contribution < 1.29 is 8.42 Å². The highest BCUT2D eigenvalue weighted by molar-refractivity contribution is 7.89. The zero-order chi connectivity index (χ0) is 11.6. The summed E-state index contributed by atoms with van der Waals surface area (Å²) in [6.07, 6.45) is 8.54. The van der Waals surface area contributed by atoms with Gasteiger partial charge in [0, 0.05) is 12.6 Å². The van der Waals surface area contributed by atoms with Gasteiger partial charge in [-0.1, -0.05) is 19.3 Å². The van der Waals surface area contributed by atoms with Gasteiger partial charge in [-0.15, -0.1) is 0 Å². The van der Waals surface area contributed by atoms with Crippen LogP contribution in [-0.4, -0.2) is 31.1 Å². The summed E-state index contributed by atoms with van der Waals surface area (Å²) in [4.78, 5) is 0. The van der Waals surface area contributed by atoms with Crippen LogP contribution in [0, 0.1) is 5.92 Å². The van der Waals surface area contributed by atoms with Gasteiger partial charge in [-0.05, 0) is 38.5 Å². The Balaban J connectivity index is 2.08. The highest BCUT2D eigenvalue weighted by Crippen LogP contribution is 2.35. The summed E-state index contributed by atoms with van der Waals surface area (Å²) in [5.41, 5.74) is 0. The molecule has 1 heterocycles. The summed E-state index contributed by atoms with van der Waals surface area (Å²) in [6.45, 7) is 2.52. The van der Waals surface area contributed by atoms with E-state index in [0.29, 0.717) is 12.0 Å². The molecule has 2 fully saturated rings. The molecule has 1 aliphatic carbocycles. The van der Waals surface area contributed by atoms with Crippen LogP contribution in [0.1, 0.15) is 51.9 Å². The molecule has 1 saturated carbocycles. The lowest BCUT2D eigenvalue weighted by Crippen LogP contribution is -2.41. The fourth-order valence-electron chi connectivity index (χ4n) is 3.27. The van der Waals surface area contributed by atoms with E-state index in [-0.39, 0.29) is 5.75 Å². The monoisotopic (exact) mass is 245 g/mol. The first-order chi connectivity index (χ1) is 7.65. The van der Waals surface area contributed by atoms with Crippen molar-refractivity contribution in [2.24, 2.45) is 5.92 Å². The maximum atomic E-state index is 12.0. The Labute approximate surface area is 99.3 Å². The maximum Gasteiger partial charge on any atom is 0.214 e. The molecule has 16 heavy (non-hydrogen) atoms. The Hall–Kier alpha value is -0.0900. The molecule has 0 aromatic heterocycles. The maximum absolute atomic E-state index is 12.0. The minimum absolute atomic E-state index is 0.260. The second-order valence-corrected chi connectivity index (χ2v) is 7.33. The second-order valence-electron chi connectivity index (χ2n) is 5.12. The number of nitrogens with zero attached hydrogens (tertiary/aromatic N) is 1. The molecular formula is C12H23NO2S. The summed E-state index contributed by atoms with van der Waals surface area (Å²) in [7, 11) is -2.96. The standard InChI is InChI=1S/C12H23NO2S/c1-2-16(14,15)13-10-6-9-12(13)11-7-4-3-5-8-11/h11-12H,2-10H2,1H3. The first-order valence-electron chi connectivity index (χ1n) is 6.64. The fourth-order valence-corrected chi connectivity index (χ4v) is 4.70. The van der Waals surface area contributed by atoms with Crippen LogP contribution in [0.2, 0.25) is 0 Å². The van der Waals surface area contributed by atoms with Crippen molar-refractivity contribution in [3.63, 3.8) is 0 Å². The van der Waals surface area contributed by atoms with E-state index in [4.69, 9.17) is 0 Å². The summed E-state index contributed by atoms with van der Waals surface area (Å²) >= 11 is 0. The largest absolute Gasteiger partial charge is 0.214 e. The Bertz CT molecular complexity index is 320. The Kier molecular flexibility index (Phi) is 3.90. The first-order valence-corrected chi connectivity index (χ1v) is 8.25. The smallest absolute Gasteiger partial charge is 0.212 e. The average molecular weight is 245 g/mol. The molecule has 0 radical (unpaired) electrons. The van der Waals surface area contributed by atoms with E-state index >= 15 is 0 Å². The van der Waals surface area contributed by atoms with Gasteiger partial charge < -0.3 is 0 Å². The minimum atomic E-state index is -2.96. The third-order valence-corrected chi connectivity index (χ3v) is 6.06. The summed E-state index contributed by atoms with van der Waals surface area (Å²) in [5, 5.41) is 0. The lowest BCUT2D eigenvalue weighted by molar-refractivity contribution is 0.226. The summed E-state index contributed by atoms with van der Waals surface area (Å²) in [5.74, 6) is 0.897. The van der Waals surface area contributed by atoms with Crippen LogP contribution in [0.15, 0.2) is 0 Å². The van der Waals surface area contributed by atoms with E-state index in [0.717, 1.165) is 19.4 Å². The third-order valence-electron chi connectivity index (χ3n) is 4.16. The highest BCUT2D eigenvalue weighted by Gasteiger charge is 2.37. The van der Waals surface area contributed by atoms with Crippen molar-refractivity contribution in [2.45, 2.75) is 57.9 Å². The molecule has 2 aliphatic rings. The van der Waals surface area contributed by atoms with Gasteiger partial charge in [0.15, 0.2) is 0 Å². The van der Waals surface area contributed by atoms with Gasteiger partial charge in [-0.25, -0.2) is 8.42 Å². The number of sulfonamides is 1. The van der Waals surface area contributed by atoms with Crippen LogP contribution in [0.4, 0.5) is 0 Å². The van der Waals surface area contributed by atoms with Crippen molar-refractivity contribution in [1.29, 1.82) is 0 Å². The highest BCUT2D eigenvalue weighted by atomic mass is 32.2. The molecule has 1 atom stereocenters. The molecule has 1 saturated heterocycles. The zero-order valence-corrected chi connectivity index (χ0v) is 11.0. The van der Waals surface area contributed by atoms with Crippen LogP contribution in [0.3, 0.4) is 0 Å². The fraction of sp³-hybridized carbons (Fsp3) is 1.00. The van der Waals surface area contributed by atoms with Gasteiger partial charge >= 0.3 is 0 Å². The lowest BCUT2D eigenvalue weighted by atomic mass is 9.83. The van der Waals surface area contributed by atoms with E-state index in [1.165, 1.54) is 32.1 Å². The zero-order valence-electron chi connectivity index (χ0n) is 10.2. The van der Waals surface area contributed by atoms with Crippen molar-refractivity contribution in [3.05, 3.63) is 0 Å². The van der Waals surface area contributed by atoms with Crippen LogP contribution in [-0.2, 0) is 10.0 Å². The summed E-state index contributed by atoms with van der Waals surface area (Å²) in [6, 6.07) is 0.324. The molecule has 0 aromatic rings. The number of hydrogen-bond acceptors (Lipinski definition) is 2. The Morgan fingerprint density at radius 2 is 1.75 bits per heavy atom. The molecule has 0 N–H and O–H groups in total. The van der Waals surface area contributed by atoms with Crippen molar-refractivity contribution in [1.82, 2.24) is 4.31 Å². The molecule has 94 valence electrons. The minimum Gasteiger partial charge on any atom is -0.212 e. The van der Waals surface area contributed by atoms with E-state index in [1.54, 1.807) is 6.92 Å². The molecule has 0 bridgehead atoms. The molecule has 3 nitrogen and oxygen atoms in total. The molecule has 1 unspecified atom stereocenters.